The second-order valence-corrected chi connectivity index (χ2v) is 17.1. The van der Waals surface area contributed by atoms with Crippen LogP contribution in [0.25, 0.3) is 131 Å². The second-order valence-electron chi connectivity index (χ2n) is 17.1. The third-order valence-electron chi connectivity index (χ3n) is 13.6. The second kappa shape index (κ2) is 14.7. The van der Waals surface area contributed by atoms with Crippen molar-refractivity contribution in [1.29, 1.82) is 0 Å². The van der Waals surface area contributed by atoms with E-state index < -0.39 is 0 Å². The molecule has 0 aliphatic carbocycles. The molecule has 296 valence electrons. The summed E-state index contributed by atoms with van der Waals surface area (Å²) in [5.74, 6) is 0. The zero-order valence-electron chi connectivity index (χ0n) is 35.1. The summed E-state index contributed by atoms with van der Waals surface area (Å²) in [5.41, 5.74) is 12.3. The van der Waals surface area contributed by atoms with Crippen molar-refractivity contribution in [3.8, 4) is 55.6 Å². The molecule has 0 unspecified atom stereocenters. The molecule has 0 nitrogen and oxygen atoms in total. The summed E-state index contributed by atoms with van der Waals surface area (Å²) < 4.78 is 0. The van der Waals surface area contributed by atoms with Crippen molar-refractivity contribution in [2.45, 2.75) is 0 Å². The van der Waals surface area contributed by atoms with E-state index in [4.69, 9.17) is 0 Å². The predicted octanol–water partition coefficient (Wildman–Crippen LogP) is 18.1. The maximum atomic E-state index is 2.47. The monoisotopic (exact) mass is 808 g/mol. The summed E-state index contributed by atoms with van der Waals surface area (Å²) in [7, 11) is 0. The normalized spacial score (nSPS) is 11.8. The van der Waals surface area contributed by atoms with E-state index in [9.17, 15) is 0 Å². The van der Waals surface area contributed by atoms with Gasteiger partial charge in [0, 0.05) is 0 Å². The Morgan fingerprint density at radius 3 is 1.14 bits per heavy atom. The van der Waals surface area contributed by atoms with Gasteiger partial charge < -0.3 is 0 Å². The van der Waals surface area contributed by atoms with E-state index in [1.54, 1.807) is 0 Å². The average molecular weight is 809 g/mol. The molecule has 0 saturated heterocycles. The molecule has 0 saturated carbocycles. The van der Waals surface area contributed by atoms with E-state index in [1.165, 1.54) is 131 Å². The summed E-state index contributed by atoms with van der Waals surface area (Å²) in [4.78, 5) is 0. The number of hydrogen-bond acceptors (Lipinski definition) is 0. The molecule has 0 N–H and O–H groups in total. The highest BCUT2D eigenvalue weighted by Gasteiger charge is 2.20. The van der Waals surface area contributed by atoms with E-state index in [1.807, 2.05) is 0 Å². The molecular weight excluding hydrogens is 769 g/mol. The molecule has 0 spiro atoms. The molecule has 0 aliphatic heterocycles. The van der Waals surface area contributed by atoms with E-state index in [2.05, 4.69) is 243 Å². The molecule has 0 amide bonds. The zero-order valence-corrected chi connectivity index (χ0v) is 35.1. The molecule has 64 heavy (non-hydrogen) atoms. The summed E-state index contributed by atoms with van der Waals surface area (Å²) in [6, 6.07) is 90.0. The number of benzene rings is 13. The Balaban J connectivity index is 1.06. The van der Waals surface area contributed by atoms with Crippen LogP contribution in [0, 0.1) is 0 Å². The molecule has 13 aromatic rings. The van der Waals surface area contributed by atoms with Crippen LogP contribution < -0.4 is 0 Å². The molecule has 0 aromatic heterocycles. The van der Waals surface area contributed by atoms with Gasteiger partial charge in [0.15, 0.2) is 0 Å². The topological polar surface area (TPSA) is 0 Å². The van der Waals surface area contributed by atoms with Crippen LogP contribution in [0.4, 0.5) is 0 Å². The van der Waals surface area contributed by atoms with Gasteiger partial charge in [-0.15, -0.1) is 0 Å². The zero-order chi connectivity index (χ0) is 42.1. The van der Waals surface area contributed by atoms with E-state index in [-0.39, 0.29) is 0 Å². The number of hydrogen-bond donors (Lipinski definition) is 0. The molecule has 13 aromatic carbocycles. The van der Waals surface area contributed by atoms with Crippen LogP contribution in [0.5, 0.6) is 0 Å². The third kappa shape index (κ3) is 5.77. The first-order valence-corrected chi connectivity index (χ1v) is 22.2. The quantitative estimate of drug-likeness (QED) is 0.120. The summed E-state index contributed by atoms with van der Waals surface area (Å²) in [6.07, 6.45) is 0. The van der Waals surface area contributed by atoms with Crippen LogP contribution in [0.15, 0.2) is 243 Å². The van der Waals surface area contributed by atoms with Crippen molar-refractivity contribution in [2.24, 2.45) is 0 Å². The van der Waals surface area contributed by atoms with Gasteiger partial charge in [-0.05, 0) is 143 Å². The Labute approximate surface area is 371 Å². The first kappa shape index (κ1) is 36.3. The van der Waals surface area contributed by atoms with Crippen molar-refractivity contribution < 1.29 is 0 Å². The van der Waals surface area contributed by atoms with Crippen LogP contribution in [-0.2, 0) is 0 Å². The minimum atomic E-state index is 1.20. The smallest absolute Gasteiger partial charge is 0.00261 e. The molecule has 0 bridgehead atoms. The van der Waals surface area contributed by atoms with Crippen LogP contribution in [0.1, 0.15) is 0 Å². The van der Waals surface area contributed by atoms with Gasteiger partial charge in [-0.2, -0.15) is 0 Å². The highest BCUT2D eigenvalue weighted by molar-refractivity contribution is 6.25. The molecule has 0 heteroatoms. The van der Waals surface area contributed by atoms with Gasteiger partial charge >= 0.3 is 0 Å². The van der Waals surface area contributed by atoms with Crippen LogP contribution in [0.2, 0.25) is 0 Å². The van der Waals surface area contributed by atoms with Crippen molar-refractivity contribution >= 4 is 75.4 Å². The minimum absolute atomic E-state index is 1.20. The SMILES string of the molecule is c1ccc2c(-c3ccc(-c4c5ccccc5c(-c5ccc(-c6cccc7ccccc67)cc5)c5cc(-c6cc7ccc8ccccc8c7c7ccccc67)ccc45)cc3)cccc2c1. The van der Waals surface area contributed by atoms with Crippen molar-refractivity contribution in [1.82, 2.24) is 0 Å². The maximum Gasteiger partial charge on any atom is -0.00261 e. The van der Waals surface area contributed by atoms with Gasteiger partial charge in [0.05, 0.1) is 0 Å². The predicted molar refractivity (Wildman–Crippen MR) is 276 cm³/mol. The summed E-state index contributed by atoms with van der Waals surface area (Å²) in [6.45, 7) is 0. The first-order chi connectivity index (χ1) is 31.7. The van der Waals surface area contributed by atoms with Gasteiger partial charge in [-0.1, -0.05) is 231 Å². The largest absolute Gasteiger partial charge is 0.0616 e. The molecule has 0 aliphatic rings. The molecule has 0 fully saturated rings. The Bertz CT molecular complexity index is 3970. The Hall–Kier alpha value is -8.32. The fourth-order valence-corrected chi connectivity index (χ4v) is 10.7. The molecule has 0 radical (unpaired) electrons. The highest BCUT2D eigenvalue weighted by Crippen LogP contribution is 2.47. The van der Waals surface area contributed by atoms with Gasteiger partial charge in [0.2, 0.25) is 0 Å². The summed E-state index contributed by atoms with van der Waals surface area (Å²) in [5, 5.41) is 17.7. The van der Waals surface area contributed by atoms with E-state index in [0.29, 0.717) is 0 Å². The lowest BCUT2D eigenvalue weighted by Gasteiger charge is -2.20. The Morgan fingerprint density at radius 1 is 0.172 bits per heavy atom. The van der Waals surface area contributed by atoms with Gasteiger partial charge in [0.25, 0.3) is 0 Å². The lowest BCUT2D eigenvalue weighted by Crippen LogP contribution is -1.93. The van der Waals surface area contributed by atoms with Crippen molar-refractivity contribution in [3.63, 3.8) is 0 Å². The highest BCUT2D eigenvalue weighted by atomic mass is 14.2. The first-order valence-electron chi connectivity index (χ1n) is 22.2. The van der Waals surface area contributed by atoms with Gasteiger partial charge in [0.1, 0.15) is 0 Å². The standard InChI is InChI=1S/C64H40/c1-4-18-50-41(13-1)16-11-25-52(50)44-27-32-46(33-28-44)62-57-23-9-10-24-58(57)63(47-34-29-45(30-35-47)53-26-12-17-42-14-2-5-19-51(42)53)61-39-48(37-38-59(61)62)60-40-49-36-31-43-15-3-6-20-54(43)64(49)56-22-8-7-21-55(56)60/h1-40H. The van der Waals surface area contributed by atoms with Crippen LogP contribution in [-0.4, -0.2) is 0 Å². The third-order valence-corrected chi connectivity index (χ3v) is 13.6. The minimum Gasteiger partial charge on any atom is -0.0616 e. The van der Waals surface area contributed by atoms with Crippen LogP contribution >= 0.6 is 0 Å². The lowest BCUT2D eigenvalue weighted by molar-refractivity contribution is 1.62. The van der Waals surface area contributed by atoms with Crippen molar-refractivity contribution in [3.05, 3.63) is 243 Å². The molecule has 0 heterocycles. The number of rotatable bonds is 5. The molecule has 0 atom stereocenters. The lowest BCUT2D eigenvalue weighted by atomic mass is 9.83. The van der Waals surface area contributed by atoms with Gasteiger partial charge in [-0.3, -0.25) is 0 Å². The molecular formula is C64H40. The van der Waals surface area contributed by atoms with E-state index >= 15 is 0 Å². The number of fused-ring (bicyclic) bond motifs is 9. The summed E-state index contributed by atoms with van der Waals surface area (Å²) >= 11 is 0. The maximum absolute atomic E-state index is 2.47. The van der Waals surface area contributed by atoms with E-state index in [0.717, 1.165) is 0 Å². The fraction of sp³-hybridized carbons (Fsp3) is 0. The Morgan fingerprint density at radius 2 is 0.562 bits per heavy atom. The average Bonchev–Trinajstić information content (AvgIpc) is 3.37. The fourth-order valence-electron chi connectivity index (χ4n) is 10.7. The molecule has 13 rings (SSSR count). The Kier molecular flexibility index (Phi) is 8.32. The van der Waals surface area contributed by atoms with Gasteiger partial charge in [-0.25, -0.2) is 0 Å². The van der Waals surface area contributed by atoms with Crippen LogP contribution in [0.3, 0.4) is 0 Å². The van der Waals surface area contributed by atoms with Crippen molar-refractivity contribution in [2.75, 3.05) is 0 Å².